The number of H-pyrrole nitrogens is 1. The number of carbonyl (C=O) groups excluding carboxylic acids is 1. The number of aliphatic imine (C=N–C) groups is 1. The molecule has 7 heteroatoms. The number of nitrogens with one attached hydrogen (secondary N) is 3. The summed E-state index contributed by atoms with van der Waals surface area (Å²) in [5, 5.41) is 6.48. The van der Waals surface area contributed by atoms with Crippen LogP contribution in [0.1, 0.15) is 54.7 Å². The lowest BCUT2D eigenvalue weighted by atomic mass is 9.80. The maximum atomic E-state index is 12.7. The third-order valence-electron chi connectivity index (χ3n) is 7.27. The first-order valence-electron chi connectivity index (χ1n) is 12.1. The van der Waals surface area contributed by atoms with Crippen LogP contribution >= 0.6 is 0 Å². The number of imidazole rings is 1. The van der Waals surface area contributed by atoms with Crippen LogP contribution in [0, 0.1) is 11.8 Å². The Labute approximate surface area is 189 Å². The lowest BCUT2D eigenvalue weighted by molar-refractivity contribution is 0.0944. The van der Waals surface area contributed by atoms with Crippen LogP contribution in [0.15, 0.2) is 35.5 Å². The van der Waals surface area contributed by atoms with Gasteiger partial charge in [-0.2, -0.15) is 0 Å². The molecule has 1 aliphatic carbocycles. The van der Waals surface area contributed by atoms with Crippen molar-refractivity contribution in [1.29, 1.82) is 0 Å². The van der Waals surface area contributed by atoms with Crippen molar-refractivity contribution < 1.29 is 4.79 Å². The van der Waals surface area contributed by atoms with E-state index in [1.54, 1.807) is 0 Å². The second kappa shape index (κ2) is 9.55. The van der Waals surface area contributed by atoms with Gasteiger partial charge in [0.05, 0.1) is 17.6 Å². The highest BCUT2D eigenvalue weighted by Gasteiger charge is 2.32. The van der Waals surface area contributed by atoms with Gasteiger partial charge in [0.15, 0.2) is 0 Å². The van der Waals surface area contributed by atoms with Crippen LogP contribution in [-0.2, 0) is 6.54 Å². The summed E-state index contributed by atoms with van der Waals surface area (Å²) in [5.41, 5.74) is 3.85. The molecular formula is C25H34N6O. The van der Waals surface area contributed by atoms with Crippen molar-refractivity contribution in [3.63, 3.8) is 0 Å². The second-order valence-electron chi connectivity index (χ2n) is 9.55. The van der Waals surface area contributed by atoms with E-state index in [9.17, 15) is 4.79 Å². The van der Waals surface area contributed by atoms with E-state index in [4.69, 9.17) is 9.98 Å². The first kappa shape index (κ1) is 21.3. The Bertz CT molecular complexity index is 1020. The number of hydrogen-bond donors (Lipinski definition) is 3. The van der Waals surface area contributed by atoms with Gasteiger partial charge < -0.3 is 15.6 Å². The van der Waals surface area contributed by atoms with Crippen molar-refractivity contribution in [3.05, 3.63) is 41.9 Å². The van der Waals surface area contributed by atoms with Crippen LogP contribution in [0.5, 0.6) is 0 Å². The zero-order valence-corrected chi connectivity index (χ0v) is 18.9. The van der Waals surface area contributed by atoms with E-state index in [2.05, 4.69) is 33.6 Å². The number of fused-ring (bicyclic) bond motifs is 2. The average Bonchev–Trinajstić information content (AvgIpc) is 3.24. The number of allylic oxidation sites excluding steroid dienone is 1. The molecule has 2 fully saturated rings. The van der Waals surface area contributed by atoms with E-state index < -0.39 is 0 Å². The lowest BCUT2D eigenvalue weighted by Gasteiger charge is -2.37. The predicted molar refractivity (Wildman–Crippen MR) is 128 cm³/mol. The minimum atomic E-state index is -0.00434. The summed E-state index contributed by atoms with van der Waals surface area (Å²) in [7, 11) is 2.17. The molecule has 0 radical (unpaired) electrons. The Morgan fingerprint density at radius 3 is 2.97 bits per heavy atom. The molecule has 32 heavy (non-hydrogen) atoms. The molecule has 1 amide bonds. The molecule has 0 spiro atoms. The van der Waals surface area contributed by atoms with E-state index in [1.165, 1.54) is 18.6 Å². The molecule has 1 saturated heterocycles. The van der Waals surface area contributed by atoms with Crippen molar-refractivity contribution in [2.24, 2.45) is 16.8 Å². The lowest BCUT2D eigenvalue weighted by Crippen LogP contribution is -2.44. The van der Waals surface area contributed by atoms with Gasteiger partial charge in [-0.15, -0.1) is 0 Å². The SMILES string of the molecule is CN(Cc1nc2ccc(C(=O)NCC3CCNCC3)cc2[nH]1)C1CCCC2CC=CN=C21. The number of nitrogens with zero attached hydrogens (tertiary/aromatic N) is 3. The van der Waals surface area contributed by atoms with Gasteiger partial charge in [-0.25, -0.2) is 4.98 Å². The van der Waals surface area contributed by atoms with Gasteiger partial charge in [0.25, 0.3) is 5.91 Å². The number of aromatic amines is 1. The van der Waals surface area contributed by atoms with Gasteiger partial charge in [-0.05, 0) is 76.4 Å². The number of amides is 1. The van der Waals surface area contributed by atoms with Crippen molar-refractivity contribution >= 4 is 22.7 Å². The largest absolute Gasteiger partial charge is 0.352 e. The molecule has 170 valence electrons. The number of hydrogen-bond acceptors (Lipinski definition) is 5. The normalized spacial score (nSPS) is 23.9. The number of benzene rings is 1. The molecule has 0 bridgehead atoms. The summed E-state index contributed by atoms with van der Waals surface area (Å²) < 4.78 is 0. The van der Waals surface area contributed by atoms with Crippen LogP contribution in [0.4, 0.5) is 0 Å². The van der Waals surface area contributed by atoms with Gasteiger partial charge in [0, 0.05) is 36.0 Å². The Balaban J connectivity index is 1.24. The molecule has 3 heterocycles. The molecule has 2 atom stereocenters. The maximum Gasteiger partial charge on any atom is 0.251 e. The van der Waals surface area contributed by atoms with Crippen molar-refractivity contribution in [1.82, 2.24) is 25.5 Å². The summed E-state index contributed by atoms with van der Waals surface area (Å²) in [6, 6.07) is 6.13. The Morgan fingerprint density at radius 2 is 2.09 bits per heavy atom. The highest BCUT2D eigenvalue weighted by atomic mass is 16.1. The molecule has 5 rings (SSSR count). The highest BCUT2D eigenvalue weighted by molar-refractivity contribution is 5.97. The molecule has 2 aliphatic heterocycles. The molecule has 1 aromatic carbocycles. The average molecular weight is 435 g/mol. The first-order valence-corrected chi connectivity index (χ1v) is 12.1. The van der Waals surface area contributed by atoms with Crippen molar-refractivity contribution in [2.45, 2.75) is 51.1 Å². The molecule has 2 aromatic rings. The predicted octanol–water partition coefficient (Wildman–Crippen LogP) is 3.25. The van der Waals surface area contributed by atoms with E-state index in [0.29, 0.717) is 23.4 Å². The zero-order chi connectivity index (χ0) is 21.9. The minimum Gasteiger partial charge on any atom is -0.352 e. The molecule has 1 saturated carbocycles. The third kappa shape index (κ3) is 4.64. The summed E-state index contributed by atoms with van der Waals surface area (Å²) in [6.07, 6.45) is 11.2. The Kier molecular flexibility index (Phi) is 6.37. The van der Waals surface area contributed by atoms with Gasteiger partial charge >= 0.3 is 0 Å². The standard InChI is InChI=1S/C25H34N6O/c1-31(22-6-2-4-18-5-3-11-27-24(18)22)16-23-29-20-8-7-19(14-21(20)30-23)25(32)28-15-17-9-12-26-13-10-17/h3,7-8,11,14,17-18,22,26H,2,4-6,9-10,12-13,15-16H2,1H3,(H,28,32)(H,29,30). The van der Waals surface area contributed by atoms with Gasteiger partial charge in [-0.1, -0.05) is 12.5 Å². The van der Waals surface area contributed by atoms with Crippen molar-refractivity contribution in [2.75, 3.05) is 26.7 Å². The third-order valence-corrected chi connectivity index (χ3v) is 7.27. The Hall–Kier alpha value is -2.51. The fraction of sp³-hybridized carbons (Fsp3) is 0.560. The maximum absolute atomic E-state index is 12.7. The topological polar surface area (TPSA) is 85.4 Å². The van der Waals surface area contributed by atoms with E-state index in [1.807, 2.05) is 24.4 Å². The van der Waals surface area contributed by atoms with E-state index in [0.717, 1.165) is 68.7 Å². The fourth-order valence-electron chi connectivity index (χ4n) is 5.42. The van der Waals surface area contributed by atoms with Crippen LogP contribution in [0.3, 0.4) is 0 Å². The molecule has 3 aliphatic rings. The summed E-state index contributed by atoms with van der Waals surface area (Å²) in [6.45, 7) is 3.58. The smallest absolute Gasteiger partial charge is 0.251 e. The molecule has 2 unspecified atom stereocenters. The van der Waals surface area contributed by atoms with E-state index in [-0.39, 0.29) is 5.91 Å². The van der Waals surface area contributed by atoms with Gasteiger partial charge in [-0.3, -0.25) is 14.7 Å². The van der Waals surface area contributed by atoms with Crippen LogP contribution in [0.25, 0.3) is 11.0 Å². The second-order valence-corrected chi connectivity index (χ2v) is 9.55. The van der Waals surface area contributed by atoms with Crippen LogP contribution in [-0.4, -0.2) is 59.2 Å². The van der Waals surface area contributed by atoms with Gasteiger partial charge in [0.1, 0.15) is 5.82 Å². The molecule has 7 nitrogen and oxygen atoms in total. The fourth-order valence-corrected chi connectivity index (χ4v) is 5.42. The van der Waals surface area contributed by atoms with E-state index >= 15 is 0 Å². The number of carbonyl (C=O) groups is 1. The summed E-state index contributed by atoms with van der Waals surface area (Å²) >= 11 is 0. The van der Waals surface area contributed by atoms with Gasteiger partial charge in [0.2, 0.25) is 0 Å². The number of rotatable bonds is 6. The zero-order valence-electron chi connectivity index (χ0n) is 18.9. The Morgan fingerprint density at radius 1 is 1.22 bits per heavy atom. The quantitative estimate of drug-likeness (QED) is 0.652. The summed E-state index contributed by atoms with van der Waals surface area (Å²) in [5.74, 6) is 2.10. The minimum absolute atomic E-state index is 0.00434. The molecular weight excluding hydrogens is 400 g/mol. The van der Waals surface area contributed by atoms with Crippen LogP contribution < -0.4 is 10.6 Å². The number of aromatic nitrogens is 2. The highest BCUT2D eigenvalue weighted by Crippen LogP contribution is 2.30. The number of piperidine rings is 1. The van der Waals surface area contributed by atoms with Crippen molar-refractivity contribution in [3.8, 4) is 0 Å². The molecule has 3 N–H and O–H groups in total. The summed E-state index contributed by atoms with van der Waals surface area (Å²) in [4.78, 5) is 28.0. The van der Waals surface area contributed by atoms with Crippen LogP contribution in [0.2, 0.25) is 0 Å². The molecule has 1 aromatic heterocycles. The monoisotopic (exact) mass is 434 g/mol. The first-order chi connectivity index (χ1) is 15.7.